The molecule has 3 nitrogen and oxygen atoms in total. The van der Waals surface area contributed by atoms with Crippen LogP contribution in [0.3, 0.4) is 0 Å². The molecule has 1 aliphatic carbocycles. The van der Waals surface area contributed by atoms with Gasteiger partial charge in [-0.1, -0.05) is 24.3 Å². The summed E-state index contributed by atoms with van der Waals surface area (Å²) in [7, 11) is 1.75. The highest BCUT2D eigenvalue weighted by atomic mass is 35.5. The molecule has 4 rings (SSSR count). The topological polar surface area (TPSA) is 30.5 Å². The van der Waals surface area contributed by atoms with Crippen LogP contribution < -0.4 is 14.8 Å². The molecule has 0 bridgehead atoms. The van der Waals surface area contributed by atoms with Gasteiger partial charge in [-0.05, 0) is 49.4 Å². The number of hydrogen-bond donors (Lipinski definition) is 1. The Hall–Kier alpha value is -1.71. The lowest BCUT2D eigenvalue weighted by atomic mass is 9.87. The summed E-state index contributed by atoms with van der Waals surface area (Å²) in [5.74, 6) is 1.98. The molecule has 2 unspecified atom stereocenters. The molecule has 0 saturated carbocycles. The Kier molecular flexibility index (Phi) is 5.55. The fourth-order valence-corrected chi connectivity index (χ4v) is 4.01. The van der Waals surface area contributed by atoms with Gasteiger partial charge in [0.25, 0.3) is 0 Å². The number of fused-ring (bicyclic) bond motifs is 2. The summed E-state index contributed by atoms with van der Waals surface area (Å²) >= 11 is 0. The molecule has 0 spiro atoms. The second-order valence-corrected chi connectivity index (χ2v) is 6.93. The quantitative estimate of drug-likeness (QED) is 0.864. The van der Waals surface area contributed by atoms with E-state index in [4.69, 9.17) is 9.47 Å². The Balaban J connectivity index is 0.00000182. The van der Waals surface area contributed by atoms with E-state index in [-0.39, 0.29) is 18.5 Å². The van der Waals surface area contributed by atoms with Gasteiger partial charge in [0.2, 0.25) is 0 Å². The molecule has 4 heteroatoms. The molecule has 2 aliphatic rings. The highest BCUT2D eigenvalue weighted by Gasteiger charge is 2.23. The van der Waals surface area contributed by atoms with Crippen molar-refractivity contribution < 1.29 is 9.47 Å². The van der Waals surface area contributed by atoms with Gasteiger partial charge in [0.05, 0.1) is 7.11 Å². The summed E-state index contributed by atoms with van der Waals surface area (Å²) in [6.07, 6.45) is 4.87. The standard InChI is InChI=1S/C21H25NO2.ClH/c1-14-10-16-11-20(23-2)17(12-21(16)24-14)13-22-19-9-5-7-15-6-3-4-8-18(15)19;/h3-4,6,8,11-12,14,19,22H,5,7,9-10,13H2,1-2H3;1H. The minimum absolute atomic E-state index is 0. The van der Waals surface area contributed by atoms with E-state index in [0.29, 0.717) is 6.04 Å². The summed E-state index contributed by atoms with van der Waals surface area (Å²) in [4.78, 5) is 0. The zero-order valence-electron chi connectivity index (χ0n) is 14.9. The Morgan fingerprint density at radius 1 is 1.20 bits per heavy atom. The Morgan fingerprint density at radius 3 is 2.88 bits per heavy atom. The predicted octanol–water partition coefficient (Wildman–Crippen LogP) is 4.61. The van der Waals surface area contributed by atoms with Crippen LogP contribution in [0.1, 0.15) is 48.1 Å². The van der Waals surface area contributed by atoms with E-state index >= 15 is 0 Å². The second kappa shape index (κ2) is 7.67. The maximum Gasteiger partial charge on any atom is 0.123 e. The molecule has 0 amide bonds. The van der Waals surface area contributed by atoms with Crippen LogP contribution in [0.5, 0.6) is 11.5 Å². The third-order valence-corrected chi connectivity index (χ3v) is 5.21. The van der Waals surface area contributed by atoms with Crippen molar-refractivity contribution in [2.24, 2.45) is 0 Å². The molecule has 0 fully saturated rings. The first kappa shape index (κ1) is 18.1. The number of methoxy groups -OCH3 is 1. The van der Waals surface area contributed by atoms with E-state index < -0.39 is 0 Å². The normalized spacial score (nSPS) is 20.9. The molecule has 0 radical (unpaired) electrons. The minimum atomic E-state index is 0. The van der Waals surface area contributed by atoms with Crippen LogP contribution in [0.2, 0.25) is 0 Å². The lowest BCUT2D eigenvalue weighted by Gasteiger charge is -2.27. The van der Waals surface area contributed by atoms with Crippen LogP contribution in [-0.4, -0.2) is 13.2 Å². The minimum Gasteiger partial charge on any atom is -0.496 e. The van der Waals surface area contributed by atoms with Gasteiger partial charge in [-0.15, -0.1) is 12.4 Å². The molecule has 2 atom stereocenters. The SMILES string of the molecule is COc1cc2c(cc1CNC1CCCc3ccccc31)OC(C)C2.Cl. The van der Waals surface area contributed by atoms with E-state index in [1.807, 2.05) is 0 Å². The predicted molar refractivity (Wildman–Crippen MR) is 103 cm³/mol. The van der Waals surface area contributed by atoms with E-state index in [9.17, 15) is 0 Å². The van der Waals surface area contributed by atoms with Gasteiger partial charge in [0, 0.05) is 30.1 Å². The number of rotatable bonds is 4. The maximum absolute atomic E-state index is 5.91. The van der Waals surface area contributed by atoms with Crippen LogP contribution in [0.25, 0.3) is 0 Å². The summed E-state index contributed by atoms with van der Waals surface area (Å²) in [6, 6.07) is 13.5. The van der Waals surface area contributed by atoms with Crippen molar-refractivity contribution in [3.63, 3.8) is 0 Å². The number of aryl methyl sites for hydroxylation is 1. The summed E-state index contributed by atoms with van der Waals surface area (Å²) in [5, 5.41) is 3.74. The third-order valence-electron chi connectivity index (χ3n) is 5.21. The van der Waals surface area contributed by atoms with Crippen molar-refractivity contribution in [1.82, 2.24) is 5.32 Å². The second-order valence-electron chi connectivity index (χ2n) is 6.93. The Bertz CT molecular complexity index is 747. The molecule has 2 aromatic carbocycles. The summed E-state index contributed by atoms with van der Waals surface area (Å²) in [6.45, 7) is 2.91. The summed E-state index contributed by atoms with van der Waals surface area (Å²) in [5.41, 5.74) is 5.37. The summed E-state index contributed by atoms with van der Waals surface area (Å²) < 4.78 is 11.5. The van der Waals surface area contributed by atoms with Gasteiger partial charge in [-0.25, -0.2) is 0 Å². The highest BCUT2D eigenvalue weighted by molar-refractivity contribution is 5.85. The van der Waals surface area contributed by atoms with Crippen molar-refractivity contribution >= 4 is 12.4 Å². The molecule has 0 aromatic heterocycles. The molecular weight excluding hydrogens is 334 g/mol. The third kappa shape index (κ3) is 3.63. The van der Waals surface area contributed by atoms with E-state index in [2.05, 4.69) is 48.6 Å². The van der Waals surface area contributed by atoms with Crippen LogP contribution in [0, 0.1) is 0 Å². The first-order chi connectivity index (χ1) is 11.7. The Morgan fingerprint density at radius 2 is 2.04 bits per heavy atom. The zero-order valence-corrected chi connectivity index (χ0v) is 15.7. The van der Waals surface area contributed by atoms with Gasteiger partial charge in [0.15, 0.2) is 0 Å². The first-order valence-electron chi connectivity index (χ1n) is 8.92. The smallest absolute Gasteiger partial charge is 0.123 e. The molecule has 25 heavy (non-hydrogen) atoms. The number of ether oxygens (including phenoxy) is 2. The number of halogens is 1. The highest BCUT2D eigenvalue weighted by Crippen LogP contribution is 2.36. The lowest BCUT2D eigenvalue weighted by molar-refractivity contribution is 0.254. The average molecular weight is 360 g/mol. The van der Waals surface area contributed by atoms with Crippen LogP contribution in [-0.2, 0) is 19.4 Å². The van der Waals surface area contributed by atoms with Gasteiger partial charge in [-0.3, -0.25) is 0 Å². The van der Waals surface area contributed by atoms with Gasteiger partial charge >= 0.3 is 0 Å². The van der Waals surface area contributed by atoms with Crippen molar-refractivity contribution in [2.75, 3.05) is 7.11 Å². The molecule has 134 valence electrons. The molecule has 0 saturated heterocycles. The van der Waals surface area contributed by atoms with Crippen LogP contribution in [0.15, 0.2) is 36.4 Å². The fraction of sp³-hybridized carbons (Fsp3) is 0.429. The molecule has 1 aliphatic heterocycles. The lowest BCUT2D eigenvalue weighted by Crippen LogP contribution is -2.25. The van der Waals surface area contributed by atoms with Crippen molar-refractivity contribution in [3.05, 3.63) is 58.7 Å². The van der Waals surface area contributed by atoms with Crippen LogP contribution in [0.4, 0.5) is 0 Å². The number of nitrogens with one attached hydrogen (secondary N) is 1. The monoisotopic (exact) mass is 359 g/mol. The molecule has 1 N–H and O–H groups in total. The average Bonchev–Trinajstić information content (AvgIpc) is 2.97. The van der Waals surface area contributed by atoms with Crippen molar-refractivity contribution in [3.8, 4) is 11.5 Å². The molecule has 1 heterocycles. The van der Waals surface area contributed by atoms with Gasteiger partial charge < -0.3 is 14.8 Å². The maximum atomic E-state index is 5.91. The number of benzene rings is 2. The van der Waals surface area contributed by atoms with Crippen molar-refractivity contribution in [1.29, 1.82) is 0 Å². The molecular formula is C21H26ClNO2. The van der Waals surface area contributed by atoms with Crippen molar-refractivity contribution in [2.45, 2.75) is 51.3 Å². The first-order valence-corrected chi connectivity index (χ1v) is 8.92. The van der Waals surface area contributed by atoms with Gasteiger partial charge in [-0.2, -0.15) is 0 Å². The van der Waals surface area contributed by atoms with E-state index in [1.54, 1.807) is 7.11 Å². The van der Waals surface area contributed by atoms with E-state index in [0.717, 1.165) is 24.5 Å². The van der Waals surface area contributed by atoms with E-state index in [1.165, 1.54) is 41.5 Å². The molecule has 2 aromatic rings. The zero-order chi connectivity index (χ0) is 16.5. The number of hydrogen-bond acceptors (Lipinski definition) is 3. The largest absolute Gasteiger partial charge is 0.496 e. The van der Waals surface area contributed by atoms with Crippen LogP contribution >= 0.6 is 12.4 Å². The Labute approximate surface area is 156 Å². The van der Waals surface area contributed by atoms with Gasteiger partial charge in [0.1, 0.15) is 17.6 Å². The fourth-order valence-electron chi connectivity index (χ4n) is 4.01.